The Morgan fingerprint density at radius 1 is 1.14 bits per heavy atom. The number of halogens is 1. The van der Waals surface area contributed by atoms with E-state index in [1.807, 2.05) is 38.1 Å². The zero-order valence-electron chi connectivity index (χ0n) is 12.3. The molecule has 4 nitrogen and oxygen atoms in total. The zero-order valence-corrected chi connectivity index (χ0v) is 13.1. The Morgan fingerprint density at radius 3 is 2.38 bits per heavy atom. The highest BCUT2D eigenvalue weighted by Crippen LogP contribution is 2.24. The van der Waals surface area contributed by atoms with E-state index in [4.69, 9.17) is 4.74 Å². The van der Waals surface area contributed by atoms with Crippen molar-refractivity contribution in [1.29, 1.82) is 0 Å². The van der Waals surface area contributed by atoms with Gasteiger partial charge in [-0.2, -0.15) is 5.10 Å². The van der Waals surface area contributed by atoms with Crippen LogP contribution in [0.5, 0.6) is 11.5 Å². The van der Waals surface area contributed by atoms with Gasteiger partial charge in [0.1, 0.15) is 11.5 Å². The molecule has 21 heavy (non-hydrogen) atoms. The first-order chi connectivity index (χ1) is 9.60. The van der Waals surface area contributed by atoms with Crippen molar-refractivity contribution in [2.75, 3.05) is 12.5 Å². The highest BCUT2D eigenvalue weighted by Gasteiger charge is 2.06. The van der Waals surface area contributed by atoms with E-state index in [1.54, 1.807) is 25.3 Å². The predicted octanol–water partition coefficient (Wildman–Crippen LogP) is 3.97. The third-order valence-corrected chi connectivity index (χ3v) is 3.00. The maximum Gasteiger partial charge on any atom is 0.128 e. The fourth-order valence-corrected chi connectivity index (χ4v) is 1.78. The van der Waals surface area contributed by atoms with Gasteiger partial charge in [-0.25, -0.2) is 0 Å². The van der Waals surface area contributed by atoms with Gasteiger partial charge in [-0.1, -0.05) is 17.7 Å². The Morgan fingerprint density at radius 2 is 1.81 bits per heavy atom. The van der Waals surface area contributed by atoms with Gasteiger partial charge in [0.2, 0.25) is 0 Å². The number of nitrogens with one attached hydrogen (secondary N) is 1. The molecule has 0 aromatic heterocycles. The fourth-order valence-electron chi connectivity index (χ4n) is 1.78. The maximum atomic E-state index is 9.94. The molecule has 0 spiro atoms. The monoisotopic (exact) mass is 306 g/mol. The average molecular weight is 307 g/mol. The number of hydrogen-bond donors (Lipinski definition) is 2. The van der Waals surface area contributed by atoms with Crippen LogP contribution in [0.1, 0.15) is 18.1 Å². The van der Waals surface area contributed by atoms with Gasteiger partial charge in [-0.05, 0) is 38.1 Å². The minimum atomic E-state index is 0. The van der Waals surface area contributed by atoms with Crippen LogP contribution in [0, 0.1) is 6.92 Å². The number of rotatable bonds is 4. The van der Waals surface area contributed by atoms with Gasteiger partial charge in [-0.15, -0.1) is 12.4 Å². The van der Waals surface area contributed by atoms with Crippen molar-refractivity contribution >= 4 is 23.8 Å². The van der Waals surface area contributed by atoms with Gasteiger partial charge in [0, 0.05) is 11.6 Å². The Labute approximate surface area is 130 Å². The molecule has 0 fully saturated rings. The number of aryl methyl sites for hydroxylation is 1. The van der Waals surface area contributed by atoms with Crippen LogP contribution in [-0.4, -0.2) is 17.9 Å². The summed E-state index contributed by atoms with van der Waals surface area (Å²) in [4.78, 5) is 0. The Bertz CT molecular complexity index is 625. The van der Waals surface area contributed by atoms with Crippen molar-refractivity contribution in [2.24, 2.45) is 5.10 Å². The van der Waals surface area contributed by atoms with E-state index in [1.165, 1.54) is 5.56 Å². The normalized spacial score (nSPS) is 10.7. The van der Waals surface area contributed by atoms with Gasteiger partial charge in [0.25, 0.3) is 0 Å². The molecule has 2 aromatic rings. The van der Waals surface area contributed by atoms with Crippen LogP contribution in [0.3, 0.4) is 0 Å². The number of aromatic hydroxyl groups is 1. The number of phenolic OH excluding ortho intramolecular Hbond substituents is 1. The van der Waals surface area contributed by atoms with E-state index in [9.17, 15) is 5.11 Å². The molecule has 0 radical (unpaired) electrons. The molecule has 2 rings (SSSR count). The molecule has 112 valence electrons. The van der Waals surface area contributed by atoms with Gasteiger partial charge in [0.15, 0.2) is 0 Å². The zero-order chi connectivity index (χ0) is 14.5. The molecule has 2 N–H and O–H groups in total. The molecule has 0 amide bonds. The molecular weight excluding hydrogens is 288 g/mol. The number of nitrogens with zero attached hydrogens (tertiary/aromatic N) is 1. The van der Waals surface area contributed by atoms with Gasteiger partial charge < -0.3 is 9.84 Å². The smallest absolute Gasteiger partial charge is 0.128 e. The number of methoxy groups -OCH3 is 1. The van der Waals surface area contributed by atoms with Gasteiger partial charge in [0.05, 0.1) is 18.5 Å². The van der Waals surface area contributed by atoms with E-state index in [-0.39, 0.29) is 18.2 Å². The van der Waals surface area contributed by atoms with Crippen LogP contribution in [-0.2, 0) is 0 Å². The highest BCUT2D eigenvalue weighted by atomic mass is 35.5. The first kappa shape index (κ1) is 16.9. The van der Waals surface area contributed by atoms with Gasteiger partial charge >= 0.3 is 0 Å². The summed E-state index contributed by atoms with van der Waals surface area (Å²) < 4.78 is 5.05. The lowest BCUT2D eigenvalue weighted by Crippen LogP contribution is -2.00. The quantitative estimate of drug-likeness (QED) is 0.664. The van der Waals surface area contributed by atoms with E-state index in [0.717, 1.165) is 5.69 Å². The molecule has 0 aliphatic carbocycles. The summed E-state index contributed by atoms with van der Waals surface area (Å²) in [5.74, 6) is 0.766. The SMILES string of the molecule is COc1ccc(C(C)=NNc2ccc(C)cc2)c(O)c1.Cl. The standard InChI is InChI=1S/C16H18N2O2.ClH/c1-11-4-6-13(7-5-11)18-17-12(2)15-9-8-14(20-3)10-16(15)19;/h4-10,18-19H,1-3H3;1H. The van der Waals surface area contributed by atoms with Crippen molar-refractivity contribution in [3.63, 3.8) is 0 Å². The molecular formula is C16H19ClN2O2. The fraction of sp³-hybridized carbons (Fsp3) is 0.188. The summed E-state index contributed by atoms with van der Waals surface area (Å²) in [6.45, 7) is 3.87. The Kier molecular flexibility index (Phi) is 6.06. The van der Waals surface area contributed by atoms with Crippen molar-refractivity contribution in [2.45, 2.75) is 13.8 Å². The number of phenols is 1. The largest absolute Gasteiger partial charge is 0.507 e. The minimum absolute atomic E-state index is 0. The second-order valence-electron chi connectivity index (χ2n) is 4.56. The molecule has 0 heterocycles. The van der Waals surface area contributed by atoms with Crippen molar-refractivity contribution in [1.82, 2.24) is 0 Å². The van der Waals surface area contributed by atoms with Crippen LogP contribution in [0.25, 0.3) is 0 Å². The number of hydrazone groups is 1. The number of hydrogen-bond acceptors (Lipinski definition) is 4. The number of anilines is 1. The molecule has 0 bridgehead atoms. The summed E-state index contributed by atoms with van der Waals surface area (Å²) in [5, 5.41) is 14.2. The molecule has 0 aliphatic rings. The second kappa shape index (κ2) is 7.55. The van der Waals surface area contributed by atoms with Crippen LogP contribution in [0.2, 0.25) is 0 Å². The minimum Gasteiger partial charge on any atom is -0.507 e. The molecule has 2 aromatic carbocycles. The predicted molar refractivity (Wildman–Crippen MR) is 88.9 cm³/mol. The second-order valence-corrected chi connectivity index (χ2v) is 4.56. The third kappa shape index (κ3) is 4.39. The summed E-state index contributed by atoms with van der Waals surface area (Å²) in [5.41, 5.74) is 6.45. The van der Waals surface area contributed by atoms with Crippen molar-refractivity contribution < 1.29 is 9.84 Å². The Hall–Kier alpha value is -2.20. The lowest BCUT2D eigenvalue weighted by molar-refractivity contribution is 0.407. The molecule has 0 saturated carbocycles. The van der Waals surface area contributed by atoms with E-state index in [2.05, 4.69) is 10.5 Å². The van der Waals surface area contributed by atoms with Crippen molar-refractivity contribution in [3.05, 3.63) is 53.6 Å². The van der Waals surface area contributed by atoms with Crippen LogP contribution in [0.15, 0.2) is 47.6 Å². The van der Waals surface area contributed by atoms with Crippen LogP contribution in [0.4, 0.5) is 5.69 Å². The van der Waals surface area contributed by atoms with Gasteiger partial charge in [-0.3, -0.25) is 5.43 Å². The summed E-state index contributed by atoms with van der Waals surface area (Å²) in [6, 6.07) is 13.1. The summed E-state index contributed by atoms with van der Waals surface area (Å²) in [6.07, 6.45) is 0. The van der Waals surface area contributed by atoms with E-state index < -0.39 is 0 Å². The average Bonchev–Trinajstić information content (AvgIpc) is 2.46. The first-order valence-corrected chi connectivity index (χ1v) is 6.34. The molecule has 5 heteroatoms. The highest BCUT2D eigenvalue weighted by molar-refractivity contribution is 6.01. The summed E-state index contributed by atoms with van der Waals surface area (Å²) >= 11 is 0. The van der Waals surface area contributed by atoms with Crippen LogP contribution >= 0.6 is 12.4 Å². The maximum absolute atomic E-state index is 9.94. The lowest BCUT2D eigenvalue weighted by atomic mass is 10.1. The number of benzene rings is 2. The molecule has 0 saturated heterocycles. The topological polar surface area (TPSA) is 53.8 Å². The first-order valence-electron chi connectivity index (χ1n) is 6.34. The van der Waals surface area contributed by atoms with Crippen molar-refractivity contribution in [3.8, 4) is 11.5 Å². The summed E-state index contributed by atoms with van der Waals surface area (Å²) in [7, 11) is 1.56. The molecule has 0 atom stereocenters. The van der Waals surface area contributed by atoms with Crippen LogP contribution < -0.4 is 10.2 Å². The van der Waals surface area contributed by atoms with E-state index >= 15 is 0 Å². The number of ether oxygens (including phenoxy) is 1. The molecule has 0 unspecified atom stereocenters. The third-order valence-electron chi connectivity index (χ3n) is 3.00. The van der Waals surface area contributed by atoms with E-state index in [0.29, 0.717) is 17.0 Å². The molecule has 0 aliphatic heterocycles. The Balaban J connectivity index is 0.00000220. The lowest BCUT2D eigenvalue weighted by Gasteiger charge is -2.07.